The highest BCUT2D eigenvalue weighted by molar-refractivity contribution is 7.80. The lowest BCUT2D eigenvalue weighted by Crippen LogP contribution is -2.34. The number of thiocarbonyl (C=S) groups is 1. The second-order valence-electron chi connectivity index (χ2n) is 2.81. The Kier molecular flexibility index (Phi) is 4.05. The Morgan fingerprint density at radius 2 is 2.07 bits per heavy atom. The normalized spacial score (nSPS) is 9.40. The van der Waals surface area contributed by atoms with E-state index in [-0.39, 0.29) is 11.2 Å². The van der Waals surface area contributed by atoms with Crippen molar-refractivity contribution in [3.8, 4) is 0 Å². The molecule has 4 nitrogen and oxygen atoms in total. The third-order valence-electron chi connectivity index (χ3n) is 1.83. The van der Waals surface area contributed by atoms with Gasteiger partial charge in [0.05, 0.1) is 0 Å². The second kappa shape index (κ2) is 5.31. The quantitative estimate of drug-likeness (QED) is 0.455. The average molecular weight is 223 g/mol. The van der Waals surface area contributed by atoms with E-state index >= 15 is 0 Å². The van der Waals surface area contributed by atoms with Gasteiger partial charge >= 0.3 is 0 Å². The lowest BCUT2D eigenvalue weighted by molar-refractivity contribution is 0.527. The van der Waals surface area contributed by atoms with Crippen LogP contribution in [-0.2, 0) is 4.74 Å². The van der Waals surface area contributed by atoms with Gasteiger partial charge in [-0.15, -0.1) is 0 Å². The van der Waals surface area contributed by atoms with Crippen LogP contribution in [0.5, 0.6) is 0 Å². The number of hydrogen-bond acceptors (Lipinski definition) is 3. The molecule has 0 aliphatic heterocycles. The highest BCUT2D eigenvalue weighted by Gasteiger charge is 2.11. The van der Waals surface area contributed by atoms with Crippen LogP contribution in [0.1, 0.15) is 6.92 Å². The van der Waals surface area contributed by atoms with E-state index < -0.39 is 0 Å². The van der Waals surface area contributed by atoms with Gasteiger partial charge in [-0.3, -0.25) is 10.3 Å². The van der Waals surface area contributed by atoms with E-state index in [0.717, 1.165) is 5.69 Å². The summed E-state index contributed by atoms with van der Waals surface area (Å²) in [5, 5.41) is 7.51. The zero-order chi connectivity index (χ0) is 11.3. The first-order chi connectivity index (χ1) is 7.15. The number of para-hydroxylation sites is 1. The predicted molar refractivity (Wildman–Crippen MR) is 65.1 cm³/mol. The molecule has 0 amide bonds. The van der Waals surface area contributed by atoms with E-state index in [9.17, 15) is 0 Å². The molecule has 0 radical (unpaired) electrons. The van der Waals surface area contributed by atoms with Crippen LogP contribution in [0.25, 0.3) is 0 Å². The van der Waals surface area contributed by atoms with Crippen molar-refractivity contribution < 1.29 is 4.74 Å². The number of nitrogens with zero attached hydrogens (tertiary/aromatic N) is 1. The number of anilines is 1. The maximum atomic E-state index is 7.65. The van der Waals surface area contributed by atoms with Crippen molar-refractivity contribution in [1.82, 2.24) is 0 Å². The molecule has 0 atom stereocenters. The first kappa shape index (κ1) is 11.5. The molecule has 0 aromatic heterocycles. The van der Waals surface area contributed by atoms with Crippen LogP contribution in [0, 0.1) is 5.41 Å². The van der Waals surface area contributed by atoms with Crippen LogP contribution < -0.4 is 10.6 Å². The van der Waals surface area contributed by atoms with Gasteiger partial charge < -0.3 is 10.5 Å². The molecular formula is C10H13N3OS. The topological polar surface area (TPSA) is 62.3 Å². The molecule has 0 spiro atoms. The summed E-state index contributed by atoms with van der Waals surface area (Å²) in [7, 11) is 0. The minimum Gasteiger partial charge on any atom is -0.399 e. The largest absolute Gasteiger partial charge is 0.399 e. The molecule has 3 N–H and O–H groups in total. The number of benzene rings is 1. The highest BCUT2D eigenvalue weighted by atomic mass is 32.1. The third kappa shape index (κ3) is 3.21. The lowest BCUT2D eigenvalue weighted by atomic mass is 10.3. The number of nitrogens with one attached hydrogen (secondary N) is 1. The molecule has 0 bridgehead atoms. The third-order valence-corrected chi connectivity index (χ3v) is 1.91. The fourth-order valence-electron chi connectivity index (χ4n) is 1.20. The van der Waals surface area contributed by atoms with E-state index in [1.807, 2.05) is 37.3 Å². The fourth-order valence-corrected chi connectivity index (χ4v) is 1.28. The van der Waals surface area contributed by atoms with Gasteiger partial charge in [-0.1, -0.05) is 18.2 Å². The minimum absolute atomic E-state index is 0.0591. The molecule has 0 aliphatic carbocycles. The van der Waals surface area contributed by atoms with Crippen LogP contribution in [-0.4, -0.2) is 17.7 Å². The summed E-state index contributed by atoms with van der Waals surface area (Å²) in [5.74, 6) is 0. The van der Waals surface area contributed by atoms with Gasteiger partial charge in [0.1, 0.15) is 0 Å². The molecule has 0 unspecified atom stereocenters. The Morgan fingerprint density at radius 1 is 1.47 bits per heavy atom. The standard InChI is InChI=1S/C10H13N3OS/c1-2-13(9(11)14-10(12)15)8-6-4-3-5-7-8/h3-7,11H,2H2,1H3,(H2,12,15). The number of rotatable bonds is 2. The Labute approximate surface area is 94.1 Å². The monoisotopic (exact) mass is 223 g/mol. The van der Waals surface area contributed by atoms with E-state index in [1.165, 1.54) is 0 Å². The zero-order valence-electron chi connectivity index (χ0n) is 8.43. The molecule has 5 heteroatoms. The van der Waals surface area contributed by atoms with Gasteiger partial charge in [-0.25, -0.2) is 0 Å². The molecular weight excluding hydrogens is 210 g/mol. The molecule has 1 rings (SSSR count). The molecule has 15 heavy (non-hydrogen) atoms. The smallest absolute Gasteiger partial charge is 0.296 e. The maximum Gasteiger partial charge on any atom is 0.296 e. The minimum atomic E-state index is -0.144. The summed E-state index contributed by atoms with van der Waals surface area (Å²) in [5.41, 5.74) is 6.08. The molecule has 1 aromatic carbocycles. The summed E-state index contributed by atoms with van der Waals surface area (Å²) < 4.78 is 4.88. The van der Waals surface area contributed by atoms with Crippen molar-refractivity contribution in [2.75, 3.05) is 11.4 Å². The average Bonchev–Trinajstić information content (AvgIpc) is 2.19. The van der Waals surface area contributed by atoms with Crippen molar-refractivity contribution in [1.29, 1.82) is 5.41 Å². The molecule has 0 saturated carbocycles. The van der Waals surface area contributed by atoms with Crippen LogP contribution in [0.2, 0.25) is 0 Å². The van der Waals surface area contributed by atoms with Gasteiger partial charge in [0.2, 0.25) is 0 Å². The van der Waals surface area contributed by atoms with E-state index in [2.05, 4.69) is 12.2 Å². The predicted octanol–water partition coefficient (Wildman–Crippen LogP) is 1.71. The van der Waals surface area contributed by atoms with E-state index in [0.29, 0.717) is 6.54 Å². The van der Waals surface area contributed by atoms with Crippen LogP contribution in [0.4, 0.5) is 5.69 Å². The van der Waals surface area contributed by atoms with E-state index in [4.69, 9.17) is 15.9 Å². The van der Waals surface area contributed by atoms with Crippen molar-refractivity contribution in [2.24, 2.45) is 5.73 Å². The fraction of sp³-hybridized carbons (Fsp3) is 0.200. The Morgan fingerprint density at radius 3 is 2.53 bits per heavy atom. The van der Waals surface area contributed by atoms with Crippen molar-refractivity contribution in [3.63, 3.8) is 0 Å². The SMILES string of the molecule is CCN(C(=N)OC(N)=S)c1ccccc1. The van der Waals surface area contributed by atoms with Crippen molar-refractivity contribution >= 4 is 29.1 Å². The summed E-state index contributed by atoms with van der Waals surface area (Å²) in [6, 6.07) is 9.42. The summed E-state index contributed by atoms with van der Waals surface area (Å²) in [4.78, 5) is 1.67. The molecule has 0 heterocycles. The van der Waals surface area contributed by atoms with Crippen LogP contribution in [0.3, 0.4) is 0 Å². The summed E-state index contributed by atoms with van der Waals surface area (Å²) in [6.07, 6.45) is 0. The van der Waals surface area contributed by atoms with Crippen LogP contribution in [0.15, 0.2) is 30.3 Å². The van der Waals surface area contributed by atoms with Gasteiger partial charge in [0.15, 0.2) is 0 Å². The number of hydrogen-bond donors (Lipinski definition) is 2. The van der Waals surface area contributed by atoms with E-state index in [1.54, 1.807) is 4.90 Å². The van der Waals surface area contributed by atoms with Gasteiger partial charge in [-0.2, -0.15) is 0 Å². The molecule has 0 aliphatic rings. The molecule has 0 fully saturated rings. The first-order valence-electron chi connectivity index (χ1n) is 4.53. The van der Waals surface area contributed by atoms with Crippen molar-refractivity contribution in [2.45, 2.75) is 6.92 Å². The van der Waals surface area contributed by atoms with Crippen LogP contribution >= 0.6 is 12.2 Å². The number of ether oxygens (including phenoxy) is 1. The highest BCUT2D eigenvalue weighted by Crippen LogP contribution is 2.13. The Hall–Kier alpha value is -1.62. The Balaban J connectivity index is 2.80. The summed E-state index contributed by atoms with van der Waals surface area (Å²) in [6.45, 7) is 2.54. The van der Waals surface area contributed by atoms with Gasteiger partial charge in [-0.05, 0) is 31.3 Å². The number of amidine groups is 1. The molecule has 0 saturated heterocycles. The molecule has 1 aromatic rings. The zero-order valence-corrected chi connectivity index (χ0v) is 9.25. The molecule has 80 valence electrons. The lowest BCUT2D eigenvalue weighted by Gasteiger charge is -2.22. The van der Waals surface area contributed by atoms with Gasteiger partial charge in [0, 0.05) is 12.2 Å². The second-order valence-corrected chi connectivity index (χ2v) is 3.21. The van der Waals surface area contributed by atoms with Gasteiger partial charge in [0.25, 0.3) is 11.2 Å². The first-order valence-corrected chi connectivity index (χ1v) is 4.94. The van der Waals surface area contributed by atoms with Crippen molar-refractivity contribution in [3.05, 3.63) is 30.3 Å². The number of nitrogens with two attached hydrogens (primary N) is 1. The Bertz CT molecular complexity index is 353. The maximum absolute atomic E-state index is 7.65. The summed E-state index contributed by atoms with van der Waals surface area (Å²) >= 11 is 4.58.